The van der Waals surface area contributed by atoms with Crippen molar-refractivity contribution in [3.63, 3.8) is 0 Å². The van der Waals surface area contributed by atoms with Gasteiger partial charge in [-0.15, -0.1) is 0 Å². The number of carbonyl (C=O) groups is 1. The van der Waals surface area contributed by atoms with Gasteiger partial charge in [0, 0.05) is 17.4 Å². The second-order valence-corrected chi connectivity index (χ2v) is 6.17. The molecule has 0 aromatic heterocycles. The van der Waals surface area contributed by atoms with Gasteiger partial charge in [0.1, 0.15) is 0 Å². The van der Waals surface area contributed by atoms with Gasteiger partial charge in [0.05, 0.1) is 12.2 Å². The van der Waals surface area contributed by atoms with E-state index in [4.69, 9.17) is 10.5 Å². The molecule has 0 aliphatic heterocycles. The van der Waals surface area contributed by atoms with Crippen LogP contribution >= 0.6 is 0 Å². The summed E-state index contributed by atoms with van der Waals surface area (Å²) in [5, 5.41) is 3.55. The first-order valence-corrected chi connectivity index (χ1v) is 7.84. The molecule has 0 radical (unpaired) electrons. The molecular formula is C17H26N2O2. The van der Waals surface area contributed by atoms with E-state index in [1.807, 2.05) is 6.07 Å². The average Bonchev–Trinajstić information content (AvgIpc) is 2.44. The van der Waals surface area contributed by atoms with Crippen molar-refractivity contribution in [1.29, 1.82) is 0 Å². The molecule has 1 aromatic carbocycles. The third-order valence-corrected chi connectivity index (χ3v) is 4.33. The van der Waals surface area contributed by atoms with Gasteiger partial charge in [0.15, 0.2) is 0 Å². The summed E-state index contributed by atoms with van der Waals surface area (Å²) in [6.45, 7) is 6.75. The van der Waals surface area contributed by atoms with Crippen LogP contribution in [0.5, 0.6) is 0 Å². The Bertz CT molecular complexity index is 502. The first-order chi connectivity index (χ1) is 10.0. The van der Waals surface area contributed by atoms with Crippen molar-refractivity contribution < 1.29 is 9.53 Å². The Balaban J connectivity index is 2.10. The highest BCUT2D eigenvalue weighted by atomic mass is 16.5. The molecular weight excluding hydrogens is 264 g/mol. The lowest BCUT2D eigenvalue weighted by Gasteiger charge is -2.34. The maximum Gasteiger partial charge on any atom is 0.340 e. The Morgan fingerprint density at radius 1 is 1.38 bits per heavy atom. The molecule has 3 unspecified atom stereocenters. The molecule has 21 heavy (non-hydrogen) atoms. The Hall–Kier alpha value is -1.71. The fraction of sp³-hybridized carbons (Fsp3) is 0.588. The minimum atomic E-state index is -0.357. The lowest BCUT2D eigenvalue weighted by atomic mass is 9.80. The highest BCUT2D eigenvalue weighted by molar-refractivity contribution is 5.96. The maximum absolute atomic E-state index is 11.9. The van der Waals surface area contributed by atoms with E-state index in [2.05, 4.69) is 19.2 Å². The summed E-state index contributed by atoms with van der Waals surface area (Å²) < 4.78 is 5.04. The zero-order valence-electron chi connectivity index (χ0n) is 13.2. The fourth-order valence-electron chi connectivity index (χ4n) is 3.13. The third-order valence-electron chi connectivity index (χ3n) is 4.33. The Morgan fingerprint density at radius 2 is 2.14 bits per heavy atom. The quantitative estimate of drug-likeness (QED) is 0.656. The fourth-order valence-corrected chi connectivity index (χ4v) is 3.13. The van der Waals surface area contributed by atoms with Crippen molar-refractivity contribution in [3.05, 3.63) is 23.8 Å². The number of hydrogen-bond acceptors (Lipinski definition) is 4. The number of carbonyl (C=O) groups excluding carboxylic acids is 1. The van der Waals surface area contributed by atoms with Crippen LogP contribution in [0.1, 0.15) is 50.4 Å². The summed E-state index contributed by atoms with van der Waals surface area (Å²) in [6.07, 6.45) is 3.67. The van der Waals surface area contributed by atoms with Gasteiger partial charge in [0.25, 0.3) is 0 Å². The van der Waals surface area contributed by atoms with E-state index in [-0.39, 0.29) is 5.97 Å². The molecule has 1 saturated carbocycles. The molecule has 3 atom stereocenters. The van der Waals surface area contributed by atoms with E-state index >= 15 is 0 Å². The van der Waals surface area contributed by atoms with Crippen molar-refractivity contribution in [2.45, 2.75) is 46.1 Å². The Labute approximate surface area is 127 Å². The normalized spacial score (nSPS) is 25.4. The van der Waals surface area contributed by atoms with Crippen LogP contribution in [-0.2, 0) is 4.74 Å². The van der Waals surface area contributed by atoms with Gasteiger partial charge in [-0.05, 0) is 56.2 Å². The molecule has 0 amide bonds. The van der Waals surface area contributed by atoms with E-state index in [1.165, 1.54) is 19.3 Å². The number of esters is 1. The van der Waals surface area contributed by atoms with Gasteiger partial charge in [-0.3, -0.25) is 0 Å². The number of anilines is 2. The van der Waals surface area contributed by atoms with Crippen LogP contribution in [0.3, 0.4) is 0 Å². The number of nitrogens with one attached hydrogen (secondary N) is 1. The number of nitrogens with two attached hydrogens (primary N) is 1. The SMILES string of the molecule is CCOC(=O)c1cc(NC2CCC(C)CC2C)ccc1N. The molecule has 4 nitrogen and oxygen atoms in total. The number of ether oxygens (including phenoxy) is 1. The van der Waals surface area contributed by atoms with Crippen LogP contribution in [0.15, 0.2) is 18.2 Å². The minimum Gasteiger partial charge on any atom is -0.462 e. The van der Waals surface area contributed by atoms with Gasteiger partial charge >= 0.3 is 5.97 Å². The highest BCUT2D eigenvalue weighted by Gasteiger charge is 2.25. The molecule has 0 bridgehead atoms. The molecule has 1 aromatic rings. The highest BCUT2D eigenvalue weighted by Crippen LogP contribution is 2.31. The molecule has 1 fully saturated rings. The van der Waals surface area contributed by atoms with Crippen molar-refractivity contribution in [3.8, 4) is 0 Å². The molecule has 4 heteroatoms. The summed E-state index contributed by atoms with van der Waals surface area (Å²) >= 11 is 0. The predicted molar refractivity (Wildman–Crippen MR) is 86.4 cm³/mol. The maximum atomic E-state index is 11.9. The molecule has 0 spiro atoms. The number of hydrogen-bond donors (Lipinski definition) is 2. The summed E-state index contributed by atoms with van der Waals surface area (Å²) in [5.74, 6) is 1.08. The van der Waals surface area contributed by atoms with E-state index in [0.717, 1.165) is 11.6 Å². The van der Waals surface area contributed by atoms with E-state index in [9.17, 15) is 4.79 Å². The van der Waals surface area contributed by atoms with Gasteiger partial charge < -0.3 is 15.8 Å². The minimum absolute atomic E-state index is 0.355. The van der Waals surface area contributed by atoms with Gasteiger partial charge in [-0.25, -0.2) is 4.79 Å². The van der Waals surface area contributed by atoms with E-state index in [0.29, 0.717) is 29.8 Å². The Kier molecular flexibility index (Phi) is 5.10. The van der Waals surface area contributed by atoms with Crippen LogP contribution in [-0.4, -0.2) is 18.6 Å². The Morgan fingerprint density at radius 3 is 2.81 bits per heavy atom. The first kappa shape index (κ1) is 15.7. The zero-order valence-corrected chi connectivity index (χ0v) is 13.2. The zero-order chi connectivity index (χ0) is 15.4. The number of benzene rings is 1. The van der Waals surface area contributed by atoms with Crippen LogP contribution in [0.25, 0.3) is 0 Å². The van der Waals surface area contributed by atoms with Crippen molar-refractivity contribution in [2.75, 3.05) is 17.7 Å². The molecule has 2 rings (SSSR count). The number of nitrogen functional groups attached to an aromatic ring is 1. The lowest BCUT2D eigenvalue weighted by Crippen LogP contribution is -2.33. The second-order valence-electron chi connectivity index (χ2n) is 6.17. The summed E-state index contributed by atoms with van der Waals surface area (Å²) in [6, 6.07) is 5.96. The van der Waals surface area contributed by atoms with Crippen LogP contribution in [0.2, 0.25) is 0 Å². The predicted octanol–water partition coefficient (Wildman–Crippen LogP) is 3.68. The third kappa shape index (κ3) is 3.90. The number of rotatable bonds is 4. The smallest absolute Gasteiger partial charge is 0.340 e. The van der Waals surface area contributed by atoms with E-state index < -0.39 is 0 Å². The van der Waals surface area contributed by atoms with Crippen LogP contribution in [0.4, 0.5) is 11.4 Å². The van der Waals surface area contributed by atoms with Crippen LogP contribution in [0, 0.1) is 11.8 Å². The molecule has 1 aliphatic rings. The van der Waals surface area contributed by atoms with Gasteiger partial charge in [-0.2, -0.15) is 0 Å². The molecule has 0 saturated heterocycles. The first-order valence-electron chi connectivity index (χ1n) is 7.84. The molecule has 0 heterocycles. The monoisotopic (exact) mass is 290 g/mol. The van der Waals surface area contributed by atoms with Crippen molar-refractivity contribution in [2.24, 2.45) is 11.8 Å². The van der Waals surface area contributed by atoms with Crippen LogP contribution < -0.4 is 11.1 Å². The van der Waals surface area contributed by atoms with Crippen molar-refractivity contribution >= 4 is 17.3 Å². The van der Waals surface area contributed by atoms with Crippen molar-refractivity contribution in [1.82, 2.24) is 0 Å². The summed E-state index contributed by atoms with van der Waals surface area (Å²) in [4.78, 5) is 11.9. The lowest BCUT2D eigenvalue weighted by molar-refractivity contribution is 0.0527. The topological polar surface area (TPSA) is 64.3 Å². The average molecular weight is 290 g/mol. The van der Waals surface area contributed by atoms with Gasteiger partial charge in [-0.1, -0.05) is 13.8 Å². The largest absolute Gasteiger partial charge is 0.462 e. The molecule has 3 N–H and O–H groups in total. The summed E-state index contributed by atoms with van der Waals surface area (Å²) in [7, 11) is 0. The van der Waals surface area contributed by atoms with Gasteiger partial charge in [0.2, 0.25) is 0 Å². The summed E-state index contributed by atoms with van der Waals surface area (Å²) in [5.41, 5.74) is 7.72. The van der Waals surface area contributed by atoms with E-state index in [1.54, 1.807) is 19.1 Å². The standard InChI is InChI=1S/C17H26N2O2/c1-4-21-17(20)14-10-13(6-7-15(14)18)19-16-8-5-11(2)9-12(16)3/h6-7,10-12,16,19H,4-5,8-9,18H2,1-3H3. The second kappa shape index (κ2) is 6.83. The molecule has 1 aliphatic carbocycles. The molecule has 116 valence electrons.